The Bertz CT molecular complexity index is 1130. The molecule has 1 atom stereocenters. The van der Waals surface area contributed by atoms with Crippen LogP contribution in [0.5, 0.6) is 0 Å². The maximum Gasteiger partial charge on any atom is 0.271 e. The van der Waals surface area contributed by atoms with Crippen LogP contribution >= 0.6 is 0 Å². The molecule has 30 heavy (non-hydrogen) atoms. The van der Waals surface area contributed by atoms with Crippen LogP contribution in [0.2, 0.25) is 0 Å². The van der Waals surface area contributed by atoms with Crippen molar-refractivity contribution < 1.29 is 18.9 Å². The van der Waals surface area contributed by atoms with Gasteiger partial charge in [0.05, 0.1) is 4.92 Å². The van der Waals surface area contributed by atoms with Crippen LogP contribution in [0.15, 0.2) is 57.5 Å². The largest absolute Gasteiger partial charge is 0.457 e. The van der Waals surface area contributed by atoms with E-state index in [9.17, 15) is 25.0 Å². The molecule has 0 saturated heterocycles. The van der Waals surface area contributed by atoms with Gasteiger partial charge >= 0.3 is 0 Å². The van der Waals surface area contributed by atoms with Crippen LogP contribution < -0.4 is 0 Å². The van der Waals surface area contributed by atoms with Crippen molar-refractivity contribution in [2.75, 3.05) is 0 Å². The SMILES string of the molecule is CCC(C)N1C(=O)C(C#N)=C(C)/C(=C\c2ccc(-c3ccc([N+](=O)[O-])cc3)o2)C1=O. The number of benzene rings is 1. The molecule has 0 spiro atoms. The summed E-state index contributed by atoms with van der Waals surface area (Å²) >= 11 is 0. The summed E-state index contributed by atoms with van der Waals surface area (Å²) in [6, 6.07) is 10.8. The van der Waals surface area contributed by atoms with Crippen molar-refractivity contribution in [3.05, 3.63) is 69.0 Å². The quantitative estimate of drug-likeness (QED) is 0.318. The molecule has 0 fully saturated rings. The van der Waals surface area contributed by atoms with E-state index in [1.54, 1.807) is 38.1 Å². The number of nitro benzene ring substituents is 1. The second-order valence-corrected chi connectivity index (χ2v) is 6.91. The summed E-state index contributed by atoms with van der Waals surface area (Å²) in [7, 11) is 0. The molecule has 0 aliphatic carbocycles. The molecule has 1 aromatic carbocycles. The minimum absolute atomic E-state index is 0.0277. The van der Waals surface area contributed by atoms with Gasteiger partial charge in [-0.25, -0.2) is 0 Å². The van der Waals surface area contributed by atoms with Gasteiger partial charge in [-0.05, 0) is 56.2 Å². The van der Waals surface area contributed by atoms with Crippen LogP contribution in [0.25, 0.3) is 17.4 Å². The molecule has 2 aromatic rings. The number of hydrogen-bond acceptors (Lipinski definition) is 6. The summed E-state index contributed by atoms with van der Waals surface area (Å²) < 4.78 is 5.78. The van der Waals surface area contributed by atoms with Crippen molar-refractivity contribution >= 4 is 23.6 Å². The number of imide groups is 1. The first-order chi connectivity index (χ1) is 14.3. The summed E-state index contributed by atoms with van der Waals surface area (Å²) in [5.74, 6) is -0.226. The predicted molar refractivity (Wildman–Crippen MR) is 109 cm³/mol. The predicted octanol–water partition coefficient (Wildman–Crippen LogP) is 4.25. The van der Waals surface area contributed by atoms with Crippen molar-refractivity contribution in [1.29, 1.82) is 5.26 Å². The highest BCUT2D eigenvalue weighted by Crippen LogP contribution is 2.31. The normalized spacial score (nSPS) is 16.7. The number of nitrogens with zero attached hydrogens (tertiary/aromatic N) is 3. The van der Waals surface area contributed by atoms with Crippen LogP contribution in [0.4, 0.5) is 5.69 Å². The summed E-state index contributed by atoms with van der Waals surface area (Å²) in [5.41, 5.74) is 1.07. The molecule has 0 saturated carbocycles. The number of non-ortho nitro benzene ring substituents is 1. The molecular weight excluding hydrogens is 386 g/mol. The van der Waals surface area contributed by atoms with Crippen LogP contribution in [0.1, 0.15) is 33.0 Å². The van der Waals surface area contributed by atoms with E-state index in [-0.39, 0.29) is 22.9 Å². The molecule has 3 rings (SSSR count). The van der Waals surface area contributed by atoms with E-state index in [1.807, 2.05) is 13.0 Å². The van der Waals surface area contributed by atoms with Crippen LogP contribution in [-0.4, -0.2) is 27.7 Å². The van der Waals surface area contributed by atoms with Gasteiger partial charge in [-0.15, -0.1) is 0 Å². The van der Waals surface area contributed by atoms with Gasteiger partial charge in [0.15, 0.2) is 0 Å². The summed E-state index contributed by atoms with van der Waals surface area (Å²) in [4.78, 5) is 37.0. The topological polar surface area (TPSA) is 117 Å². The Morgan fingerprint density at radius 1 is 1.20 bits per heavy atom. The molecule has 152 valence electrons. The lowest BCUT2D eigenvalue weighted by Gasteiger charge is -2.31. The Kier molecular flexibility index (Phi) is 5.65. The third-order valence-electron chi connectivity index (χ3n) is 5.08. The van der Waals surface area contributed by atoms with Crippen LogP contribution in [-0.2, 0) is 9.59 Å². The zero-order valence-corrected chi connectivity index (χ0v) is 16.7. The van der Waals surface area contributed by atoms with Crippen LogP contribution in [0.3, 0.4) is 0 Å². The van der Waals surface area contributed by atoms with Crippen molar-refractivity contribution in [1.82, 2.24) is 4.90 Å². The molecule has 8 nitrogen and oxygen atoms in total. The first-order valence-corrected chi connectivity index (χ1v) is 9.34. The van der Waals surface area contributed by atoms with Gasteiger partial charge in [0.1, 0.15) is 23.2 Å². The zero-order valence-electron chi connectivity index (χ0n) is 16.7. The minimum atomic E-state index is -0.586. The number of amides is 2. The molecule has 8 heteroatoms. The number of nitro groups is 1. The second-order valence-electron chi connectivity index (χ2n) is 6.91. The number of hydrogen-bond donors (Lipinski definition) is 0. The van der Waals surface area contributed by atoms with E-state index >= 15 is 0 Å². The number of carbonyl (C=O) groups is 2. The number of carbonyl (C=O) groups excluding carboxylic acids is 2. The highest BCUT2D eigenvalue weighted by molar-refractivity contribution is 6.19. The first kappa shape index (κ1) is 20.7. The first-order valence-electron chi connectivity index (χ1n) is 9.34. The Labute approximate surface area is 172 Å². The summed E-state index contributed by atoms with van der Waals surface area (Å²) in [6.45, 7) is 5.17. The average Bonchev–Trinajstić information content (AvgIpc) is 3.20. The zero-order chi connectivity index (χ0) is 22.0. The summed E-state index contributed by atoms with van der Waals surface area (Å²) in [6.07, 6.45) is 2.07. The highest BCUT2D eigenvalue weighted by Gasteiger charge is 2.37. The van der Waals surface area contributed by atoms with E-state index in [4.69, 9.17) is 4.42 Å². The van der Waals surface area contributed by atoms with Gasteiger partial charge < -0.3 is 4.42 Å². The molecule has 0 radical (unpaired) electrons. The monoisotopic (exact) mass is 405 g/mol. The van der Waals surface area contributed by atoms with E-state index in [0.29, 0.717) is 29.1 Å². The molecule has 1 aliphatic rings. The Morgan fingerprint density at radius 3 is 2.43 bits per heavy atom. The second kappa shape index (κ2) is 8.17. The smallest absolute Gasteiger partial charge is 0.271 e. The van der Waals surface area contributed by atoms with E-state index in [0.717, 1.165) is 4.90 Å². The maximum atomic E-state index is 13.0. The third-order valence-corrected chi connectivity index (χ3v) is 5.08. The lowest BCUT2D eigenvalue weighted by Crippen LogP contribution is -2.47. The van der Waals surface area contributed by atoms with Crippen molar-refractivity contribution in [2.24, 2.45) is 0 Å². The standard InChI is InChI=1S/C22H19N3O5/c1-4-13(2)24-21(26)18(14(3)19(12-23)22(24)27)11-17-9-10-20(30-17)15-5-7-16(8-6-15)25(28)29/h5-11,13H,4H2,1-3H3/b18-11+. The molecule has 2 amide bonds. The lowest BCUT2D eigenvalue weighted by molar-refractivity contribution is -0.384. The van der Waals surface area contributed by atoms with Crippen molar-refractivity contribution in [3.63, 3.8) is 0 Å². The van der Waals surface area contributed by atoms with Crippen molar-refractivity contribution in [2.45, 2.75) is 33.2 Å². The number of rotatable bonds is 5. The van der Waals surface area contributed by atoms with Crippen LogP contribution in [0, 0.1) is 21.4 Å². The Hall–Kier alpha value is -3.99. The fourth-order valence-electron chi connectivity index (χ4n) is 3.16. The van der Waals surface area contributed by atoms with E-state index in [1.165, 1.54) is 18.2 Å². The highest BCUT2D eigenvalue weighted by atomic mass is 16.6. The number of nitriles is 1. The Morgan fingerprint density at radius 2 is 1.87 bits per heavy atom. The van der Waals surface area contributed by atoms with Gasteiger partial charge in [0.2, 0.25) is 0 Å². The van der Waals surface area contributed by atoms with Crippen molar-refractivity contribution in [3.8, 4) is 17.4 Å². The Balaban J connectivity index is 2.00. The molecule has 1 aliphatic heterocycles. The summed E-state index contributed by atoms with van der Waals surface area (Å²) in [5, 5.41) is 20.2. The van der Waals surface area contributed by atoms with Gasteiger partial charge in [-0.1, -0.05) is 6.92 Å². The fraction of sp³-hybridized carbons (Fsp3) is 0.227. The average molecular weight is 405 g/mol. The van der Waals surface area contributed by atoms with E-state index < -0.39 is 16.7 Å². The molecular formula is C22H19N3O5. The van der Waals surface area contributed by atoms with E-state index in [2.05, 4.69) is 0 Å². The molecule has 0 bridgehead atoms. The number of furan rings is 1. The van der Waals surface area contributed by atoms with Gasteiger partial charge in [-0.3, -0.25) is 24.6 Å². The molecule has 2 heterocycles. The molecule has 1 aromatic heterocycles. The van der Waals surface area contributed by atoms with Gasteiger partial charge in [-0.2, -0.15) is 5.26 Å². The van der Waals surface area contributed by atoms with Gasteiger partial charge in [0.25, 0.3) is 17.5 Å². The maximum absolute atomic E-state index is 13.0. The lowest BCUT2D eigenvalue weighted by atomic mass is 9.93. The third kappa shape index (κ3) is 3.65. The molecule has 0 N–H and O–H groups in total. The molecule has 1 unspecified atom stereocenters. The van der Waals surface area contributed by atoms with Gasteiger partial charge in [0, 0.05) is 29.3 Å². The minimum Gasteiger partial charge on any atom is -0.457 e. The fourth-order valence-corrected chi connectivity index (χ4v) is 3.16.